The maximum atomic E-state index is 13.7. The molecule has 6 rings (SSSR count). The van der Waals surface area contributed by atoms with Crippen molar-refractivity contribution < 1.29 is 24.3 Å². The first-order valence-electron chi connectivity index (χ1n) is 12.2. The van der Waals surface area contributed by atoms with Gasteiger partial charge < -0.3 is 9.84 Å². The maximum absolute atomic E-state index is 13.7. The highest BCUT2D eigenvalue weighted by atomic mass is 79.9. The van der Waals surface area contributed by atoms with Crippen LogP contribution in [0.5, 0.6) is 0 Å². The molecule has 6 nitrogen and oxygen atoms in total. The third-order valence-corrected chi connectivity index (χ3v) is 9.44. The van der Waals surface area contributed by atoms with Crippen molar-refractivity contribution in [1.82, 2.24) is 0 Å². The highest BCUT2D eigenvalue weighted by molar-refractivity contribution is 9.10. The first kappa shape index (κ1) is 23.0. The first-order chi connectivity index (χ1) is 16.7. The van der Waals surface area contributed by atoms with Crippen molar-refractivity contribution in [3.05, 3.63) is 76.8 Å². The van der Waals surface area contributed by atoms with Crippen LogP contribution in [0.4, 0.5) is 5.69 Å². The number of rotatable bonds is 2. The summed E-state index contributed by atoms with van der Waals surface area (Å²) in [6, 6.07) is 17.6. The molecule has 2 aromatic carbocycles. The van der Waals surface area contributed by atoms with Gasteiger partial charge in [0.1, 0.15) is 11.7 Å². The van der Waals surface area contributed by atoms with Gasteiger partial charge in [-0.1, -0.05) is 53.2 Å². The van der Waals surface area contributed by atoms with Gasteiger partial charge in [-0.3, -0.25) is 9.63 Å². The molecular weight excluding hydrogens is 510 g/mol. The quantitative estimate of drug-likeness (QED) is 0.548. The number of benzene rings is 2. The van der Waals surface area contributed by atoms with Crippen LogP contribution >= 0.6 is 15.9 Å². The number of allylic oxidation sites excluding steroid dienone is 1. The predicted octanol–water partition coefficient (Wildman–Crippen LogP) is 4.92. The fraction of sp³-hybridized carbons (Fsp3) is 0.429. The van der Waals surface area contributed by atoms with E-state index in [1.54, 1.807) is 13.0 Å². The molecule has 1 saturated carbocycles. The molecule has 182 valence electrons. The Hall–Kier alpha value is -2.48. The van der Waals surface area contributed by atoms with E-state index < -0.39 is 28.7 Å². The molecule has 1 spiro atoms. The molecule has 0 aromatic heterocycles. The summed E-state index contributed by atoms with van der Waals surface area (Å²) in [6.07, 6.45) is 3.96. The largest absolute Gasteiger partial charge is 0.459 e. The molecular formula is C28H28BrNO5. The Kier molecular flexibility index (Phi) is 5.09. The van der Waals surface area contributed by atoms with Crippen molar-refractivity contribution in [2.24, 2.45) is 17.3 Å². The molecule has 4 aliphatic rings. The van der Waals surface area contributed by atoms with Gasteiger partial charge in [0, 0.05) is 16.8 Å². The number of hydrogen-bond acceptors (Lipinski definition) is 6. The lowest BCUT2D eigenvalue weighted by Gasteiger charge is -2.43. The molecule has 2 heterocycles. The zero-order valence-corrected chi connectivity index (χ0v) is 21.3. The minimum Gasteiger partial charge on any atom is -0.459 e. The molecule has 0 amide bonds. The Balaban J connectivity index is 1.46. The summed E-state index contributed by atoms with van der Waals surface area (Å²) in [5.74, 6) is -1.18. The van der Waals surface area contributed by atoms with Gasteiger partial charge >= 0.3 is 5.97 Å². The second-order valence-corrected chi connectivity index (χ2v) is 11.5. The Bertz CT molecular complexity index is 1220. The highest BCUT2D eigenvalue weighted by Gasteiger charge is 2.74. The molecule has 0 bridgehead atoms. The third kappa shape index (κ3) is 3.01. The number of carbonyl (C=O) groups excluding carboxylic acids is 2. The molecule has 2 aliphatic carbocycles. The van der Waals surface area contributed by atoms with Gasteiger partial charge in [-0.25, -0.2) is 9.86 Å². The lowest BCUT2D eigenvalue weighted by molar-refractivity contribution is -0.169. The van der Waals surface area contributed by atoms with Crippen LogP contribution in [0.1, 0.15) is 44.7 Å². The van der Waals surface area contributed by atoms with Gasteiger partial charge in [0.25, 0.3) is 0 Å². The number of esters is 1. The summed E-state index contributed by atoms with van der Waals surface area (Å²) in [4.78, 5) is 33.6. The zero-order valence-electron chi connectivity index (χ0n) is 19.7. The number of halogens is 1. The maximum Gasteiger partial charge on any atom is 0.342 e. The van der Waals surface area contributed by atoms with E-state index in [2.05, 4.69) is 15.9 Å². The number of hydrogen-bond donors (Lipinski definition) is 1. The molecule has 1 N–H and O–H groups in total. The van der Waals surface area contributed by atoms with Gasteiger partial charge in [0.15, 0.2) is 5.78 Å². The van der Waals surface area contributed by atoms with Gasteiger partial charge in [-0.15, -0.1) is 0 Å². The van der Waals surface area contributed by atoms with Crippen LogP contribution in [0.2, 0.25) is 0 Å². The summed E-state index contributed by atoms with van der Waals surface area (Å²) in [5.41, 5.74) is -1.98. The summed E-state index contributed by atoms with van der Waals surface area (Å²) >= 11 is 3.51. The molecule has 2 aromatic rings. The fourth-order valence-corrected chi connectivity index (χ4v) is 7.03. The number of ketones is 1. The van der Waals surface area contributed by atoms with Crippen LogP contribution in [-0.2, 0) is 19.2 Å². The van der Waals surface area contributed by atoms with Crippen molar-refractivity contribution in [3.8, 4) is 0 Å². The molecule has 2 aliphatic heterocycles. The summed E-state index contributed by atoms with van der Waals surface area (Å²) < 4.78 is 7.02. The van der Waals surface area contributed by atoms with E-state index in [9.17, 15) is 14.7 Å². The summed E-state index contributed by atoms with van der Waals surface area (Å²) in [7, 11) is 0. The van der Waals surface area contributed by atoms with Gasteiger partial charge in [0.2, 0.25) is 5.60 Å². The monoisotopic (exact) mass is 537 g/mol. The SMILES string of the molecule is C[C@H]1CC[C@@H]2[C@@H](OC(=O)C23C[C@@H](c2ccc(Br)cc2)N(c2ccccc2)O3)[C@]2(C)C(=O)C=C[C@@]12O. The van der Waals surface area contributed by atoms with Crippen LogP contribution in [0.25, 0.3) is 0 Å². The highest BCUT2D eigenvalue weighted by Crippen LogP contribution is 2.61. The predicted molar refractivity (Wildman–Crippen MR) is 133 cm³/mol. The average Bonchev–Trinajstić information content (AvgIpc) is 3.45. The lowest BCUT2D eigenvalue weighted by Crippen LogP contribution is -2.57. The third-order valence-electron chi connectivity index (χ3n) is 8.91. The van der Waals surface area contributed by atoms with Crippen molar-refractivity contribution in [3.63, 3.8) is 0 Å². The summed E-state index contributed by atoms with van der Waals surface area (Å²) in [5, 5.41) is 13.5. The van der Waals surface area contributed by atoms with E-state index in [4.69, 9.17) is 9.57 Å². The van der Waals surface area contributed by atoms with E-state index in [1.165, 1.54) is 6.08 Å². The Morgan fingerprint density at radius 3 is 2.49 bits per heavy atom. The first-order valence-corrected chi connectivity index (χ1v) is 13.0. The second kappa shape index (κ2) is 7.76. The number of ether oxygens (including phenoxy) is 1. The molecule has 35 heavy (non-hydrogen) atoms. The minimum absolute atomic E-state index is 0.162. The van der Waals surface area contributed by atoms with Crippen LogP contribution in [0, 0.1) is 17.3 Å². The number of hydroxylamine groups is 1. The molecule has 1 unspecified atom stereocenters. The summed E-state index contributed by atoms with van der Waals surface area (Å²) in [6.45, 7) is 3.71. The smallest absolute Gasteiger partial charge is 0.342 e. The molecule has 7 atom stereocenters. The van der Waals surface area contributed by atoms with Crippen molar-refractivity contribution >= 4 is 33.4 Å². The van der Waals surface area contributed by atoms with Gasteiger partial charge in [0.05, 0.1) is 17.1 Å². The minimum atomic E-state index is -1.36. The molecule has 3 fully saturated rings. The van der Waals surface area contributed by atoms with Crippen molar-refractivity contribution in [2.45, 2.75) is 56.5 Å². The topological polar surface area (TPSA) is 76.1 Å². The van der Waals surface area contributed by atoms with Crippen molar-refractivity contribution in [1.29, 1.82) is 0 Å². The molecule has 2 saturated heterocycles. The Morgan fingerprint density at radius 2 is 1.77 bits per heavy atom. The number of para-hydroxylation sites is 1. The molecule has 0 radical (unpaired) electrons. The van der Waals surface area contributed by atoms with E-state index in [0.717, 1.165) is 15.7 Å². The Morgan fingerprint density at radius 1 is 1.06 bits per heavy atom. The van der Waals surface area contributed by atoms with Gasteiger partial charge in [-0.05, 0) is 67.7 Å². The zero-order chi connectivity index (χ0) is 24.6. The van der Waals surface area contributed by atoms with Gasteiger partial charge in [-0.2, -0.15) is 0 Å². The average molecular weight is 538 g/mol. The lowest BCUT2D eigenvalue weighted by atomic mass is 9.63. The molecule has 7 heteroatoms. The fourth-order valence-electron chi connectivity index (χ4n) is 6.77. The Labute approximate surface area is 213 Å². The van der Waals surface area contributed by atoms with E-state index in [-0.39, 0.29) is 23.7 Å². The van der Waals surface area contributed by atoms with Crippen LogP contribution in [0.15, 0.2) is 71.2 Å². The standard InChI is InChI=1S/C28H28BrNO5/c1-17-8-13-21-24(26(2)23(31)14-15-28(17,26)33)34-25(32)27(21)16-22(18-9-11-19(29)12-10-18)30(35-27)20-6-4-3-5-7-20/h3-7,9-12,14-15,17,21-22,24,33H,8,13,16H2,1-2H3/t17-,21+,22-,24+,26-,27?,28+/m0/s1. The van der Waals surface area contributed by atoms with E-state index in [1.807, 2.05) is 66.6 Å². The van der Waals surface area contributed by atoms with Crippen molar-refractivity contribution in [2.75, 3.05) is 5.06 Å². The van der Waals surface area contributed by atoms with E-state index >= 15 is 0 Å². The number of carbonyl (C=O) groups is 2. The number of aliphatic hydroxyl groups is 1. The van der Waals surface area contributed by atoms with Crippen LogP contribution in [0.3, 0.4) is 0 Å². The normalized spacial score (nSPS) is 40.1. The number of fused-ring (bicyclic) bond motifs is 4. The van der Waals surface area contributed by atoms with Crippen LogP contribution < -0.4 is 5.06 Å². The second-order valence-electron chi connectivity index (χ2n) is 10.5. The van der Waals surface area contributed by atoms with Crippen LogP contribution in [-0.4, -0.2) is 34.2 Å². The number of anilines is 1. The van der Waals surface area contributed by atoms with E-state index in [0.29, 0.717) is 19.3 Å². The number of nitrogens with zero attached hydrogens (tertiary/aromatic N) is 1.